The van der Waals surface area contributed by atoms with Crippen molar-refractivity contribution in [1.82, 2.24) is 4.90 Å². The van der Waals surface area contributed by atoms with Crippen molar-refractivity contribution in [2.45, 2.75) is 49.9 Å². The van der Waals surface area contributed by atoms with Crippen LogP contribution in [0, 0.1) is 11.3 Å². The van der Waals surface area contributed by atoms with Crippen LogP contribution in [-0.2, 0) is 4.74 Å². The second-order valence-electron chi connectivity index (χ2n) is 5.98. The second kappa shape index (κ2) is 6.15. The molecule has 0 spiro atoms. The summed E-state index contributed by atoms with van der Waals surface area (Å²) in [4.78, 5) is 2.28. The van der Waals surface area contributed by atoms with Gasteiger partial charge in [0.1, 0.15) is 11.8 Å². The fourth-order valence-corrected chi connectivity index (χ4v) is 3.79. The maximum absolute atomic E-state index is 9.85. The Hall–Kier alpha value is -1.41. The molecule has 1 aromatic rings. The second-order valence-corrected chi connectivity index (χ2v) is 5.98. The molecule has 0 aromatic heterocycles. The summed E-state index contributed by atoms with van der Waals surface area (Å²) in [5.74, 6) is 0. The molecule has 4 nitrogen and oxygen atoms in total. The van der Waals surface area contributed by atoms with Crippen LogP contribution in [0.4, 0.5) is 0 Å². The minimum atomic E-state index is -0.497. The van der Waals surface area contributed by atoms with Crippen LogP contribution in [0.15, 0.2) is 30.3 Å². The molecule has 112 valence electrons. The highest BCUT2D eigenvalue weighted by Crippen LogP contribution is 2.45. The summed E-state index contributed by atoms with van der Waals surface area (Å²) >= 11 is 0. The SMILES string of the molecule is N#C[C@]1(CCCO)CCC[C@H]2OC[C@@H](c3ccccc3)N21. The van der Waals surface area contributed by atoms with Gasteiger partial charge in [0.05, 0.1) is 18.7 Å². The lowest BCUT2D eigenvalue weighted by molar-refractivity contribution is -0.0562. The van der Waals surface area contributed by atoms with Gasteiger partial charge < -0.3 is 9.84 Å². The van der Waals surface area contributed by atoms with Gasteiger partial charge in [0.2, 0.25) is 0 Å². The van der Waals surface area contributed by atoms with E-state index in [4.69, 9.17) is 4.74 Å². The van der Waals surface area contributed by atoms with Crippen LogP contribution in [0.3, 0.4) is 0 Å². The third-order valence-corrected chi connectivity index (χ3v) is 4.77. The molecule has 0 bridgehead atoms. The Kier molecular flexibility index (Phi) is 4.25. The summed E-state index contributed by atoms with van der Waals surface area (Å²) in [6.07, 6.45) is 4.30. The molecule has 2 aliphatic rings. The number of aliphatic hydroxyl groups is 1. The highest BCUT2D eigenvalue weighted by Gasteiger charge is 2.50. The quantitative estimate of drug-likeness (QED) is 0.924. The number of rotatable bonds is 4. The standard InChI is InChI=1S/C17H22N2O2/c18-13-17(10-5-11-20)9-4-8-16-19(17)15(12-21-16)14-6-2-1-3-7-14/h1-3,6-7,15-16,20H,4-5,8-12H2/t15-,16+,17+/m0/s1. The van der Waals surface area contributed by atoms with Crippen LogP contribution < -0.4 is 0 Å². The van der Waals surface area contributed by atoms with Crippen molar-refractivity contribution in [3.8, 4) is 6.07 Å². The smallest absolute Gasteiger partial charge is 0.112 e. The Bertz CT molecular complexity index is 513. The van der Waals surface area contributed by atoms with E-state index in [9.17, 15) is 10.4 Å². The molecule has 0 radical (unpaired) electrons. The van der Waals surface area contributed by atoms with Gasteiger partial charge in [-0.25, -0.2) is 0 Å². The van der Waals surface area contributed by atoms with Crippen LogP contribution in [0.25, 0.3) is 0 Å². The first-order valence-electron chi connectivity index (χ1n) is 7.78. The number of aliphatic hydroxyl groups excluding tert-OH is 1. The topological polar surface area (TPSA) is 56.5 Å². The number of nitriles is 1. The summed E-state index contributed by atoms with van der Waals surface area (Å²) in [5, 5.41) is 19.0. The van der Waals surface area contributed by atoms with Crippen molar-refractivity contribution in [2.24, 2.45) is 0 Å². The van der Waals surface area contributed by atoms with Crippen molar-refractivity contribution in [1.29, 1.82) is 5.26 Å². The average Bonchev–Trinajstić information content (AvgIpc) is 2.99. The van der Waals surface area contributed by atoms with Crippen LogP contribution in [0.2, 0.25) is 0 Å². The van der Waals surface area contributed by atoms with E-state index in [-0.39, 0.29) is 18.9 Å². The van der Waals surface area contributed by atoms with E-state index < -0.39 is 5.54 Å². The highest BCUT2D eigenvalue weighted by atomic mass is 16.5. The number of fused-ring (bicyclic) bond motifs is 1. The van der Waals surface area contributed by atoms with Gasteiger partial charge in [0.15, 0.2) is 0 Å². The van der Waals surface area contributed by atoms with E-state index in [1.54, 1.807) is 0 Å². The fraction of sp³-hybridized carbons (Fsp3) is 0.588. The maximum Gasteiger partial charge on any atom is 0.112 e. The number of benzene rings is 1. The van der Waals surface area contributed by atoms with E-state index in [0.29, 0.717) is 19.4 Å². The molecule has 0 saturated carbocycles. The number of hydrogen-bond acceptors (Lipinski definition) is 4. The molecular weight excluding hydrogens is 264 g/mol. The predicted molar refractivity (Wildman–Crippen MR) is 79.3 cm³/mol. The highest BCUT2D eigenvalue weighted by molar-refractivity contribution is 5.24. The van der Waals surface area contributed by atoms with Gasteiger partial charge in [-0.1, -0.05) is 30.3 Å². The van der Waals surface area contributed by atoms with Gasteiger partial charge >= 0.3 is 0 Å². The fourth-order valence-electron chi connectivity index (χ4n) is 3.79. The van der Waals surface area contributed by atoms with E-state index in [2.05, 4.69) is 23.1 Å². The molecule has 21 heavy (non-hydrogen) atoms. The number of piperidine rings is 1. The molecule has 2 fully saturated rings. The van der Waals surface area contributed by atoms with Gasteiger partial charge in [-0.15, -0.1) is 0 Å². The van der Waals surface area contributed by atoms with E-state index in [1.165, 1.54) is 5.56 Å². The zero-order valence-electron chi connectivity index (χ0n) is 12.2. The van der Waals surface area contributed by atoms with Crippen molar-refractivity contribution < 1.29 is 9.84 Å². The Morgan fingerprint density at radius 1 is 1.38 bits per heavy atom. The molecule has 0 unspecified atom stereocenters. The molecule has 2 aliphatic heterocycles. The molecule has 2 saturated heterocycles. The molecule has 3 atom stereocenters. The Labute approximate surface area is 125 Å². The number of nitrogens with zero attached hydrogens (tertiary/aromatic N) is 2. The van der Waals surface area contributed by atoms with Crippen LogP contribution >= 0.6 is 0 Å². The normalized spacial score (nSPS) is 32.6. The molecular formula is C17H22N2O2. The van der Waals surface area contributed by atoms with Crippen LogP contribution in [0.1, 0.15) is 43.7 Å². The molecule has 2 heterocycles. The summed E-state index contributed by atoms with van der Waals surface area (Å²) < 4.78 is 5.97. The Morgan fingerprint density at radius 2 is 2.19 bits per heavy atom. The van der Waals surface area contributed by atoms with Crippen molar-refractivity contribution >= 4 is 0 Å². The molecule has 0 amide bonds. The number of ether oxygens (including phenoxy) is 1. The molecule has 0 aliphatic carbocycles. The van der Waals surface area contributed by atoms with E-state index in [0.717, 1.165) is 19.3 Å². The van der Waals surface area contributed by atoms with Gasteiger partial charge in [-0.05, 0) is 37.7 Å². The Balaban J connectivity index is 1.92. The summed E-state index contributed by atoms with van der Waals surface area (Å²) in [5.41, 5.74) is 0.716. The molecule has 3 rings (SSSR count). The van der Waals surface area contributed by atoms with E-state index in [1.807, 2.05) is 18.2 Å². The van der Waals surface area contributed by atoms with Crippen LogP contribution in [0.5, 0.6) is 0 Å². The first-order chi connectivity index (χ1) is 10.3. The average molecular weight is 286 g/mol. The number of hydrogen-bond donors (Lipinski definition) is 1. The zero-order valence-corrected chi connectivity index (χ0v) is 12.2. The largest absolute Gasteiger partial charge is 0.396 e. The molecule has 1 aromatic carbocycles. The van der Waals surface area contributed by atoms with Gasteiger partial charge in [0, 0.05) is 6.61 Å². The minimum Gasteiger partial charge on any atom is -0.396 e. The van der Waals surface area contributed by atoms with Crippen molar-refractivity contribution in [3.63, 3.8) is 0 Å². The van der Waals surface area contributed by atoms with E-state index >= 15 is 0 Å². The molecule has 4 heteroatoms. The van der Waals surface area contributed by atoms with Gasteiger partial charge in [-0.2, -0.15) is 5.26 Å². The van der Waals surface area contributed by atoms with Crippen LogP contribution in [-0.4, -0.2) is 35.0 Å². The maximum atomic E-state index is 9.85. The zero-order chi connectivity index (χ0) is 14.7. The van der Waals surface area contributed by atoms with Crippen molar-refractivity contribution in [2.75, 3.05) is 13.2 Å². The van der Waals surface area contributed by atoms with Crippen molar-refractivity contribution in [3.05, 3.63) is 35.9 Å². The predicted octanol–water partition coefficient (Wildman–Crippen LogP) is 2.60. The first-order valence-corrected chi connectivity index (χ1v) is 7.78. The first kappa shape index (κ1) is 14.5. The lowest BCUT2D eigenvalue weighted by Gasteiger charge is -2.45. The third-order valence-electron chi connectivity index (χ3n) is 4.77. The summed E-state index contributed by atoms with van der Waals surface area (Å²) in [7, 11) is 0. The monoisotopic (exact) mass is 286 g/mol. The Morgan fingerprint density at radius 3 is 2.90 bits per heavy atom. The molecule has 1 N–H and O–H groups in total. The summed E-state index contributed by atoms with van der Waals surface area (Å²) in [6, 6.07) is 13.0. The lowest BCUT2D eigenvalue weighted by atomic mass is 9.82. The lowest BCUT2D eigenvalue weighted by Crippen LogP contribution is -2.54. The minimum absolute atomic E-state index is 0.0438. The van der Waals surface area contributed by atoms with Gasteiger partial charge in [0.25, 0.3) is 0 Å². The third kappa shape index (κ3) is 2.57. The summed E-state index contributed by atoms with van der Waals surface area (Å²) in [6.45, 7) is 0.788. The van der Waals surface area contributed by atoms with Gasteiger partial charge in [-0.3, -0.25) is 4.90 Å².